The molecule has 0 aliphatic heterocycles. The van der Waals surface area contributed by atoms with E-state index >= 15 is 0 Å². The van der Waals surface area contributed by atoms with E-state index in [1.54, 1.807) is 0 Å². The van der Waals surface area contributed by atoms with Gasteiger partial charge in [-0.15, -0.1) is 0 Å². The first-order chi connectivity index (χ1) is 12.1. The SMILES string of the molecule is NC(=O)c1c(I)c(C(N)=O)c(I)c(N(CC(O)CO)CC(O)CO)c1I. The number of carbonyl (C=O) groups excluding carboxylic acids is 2. The maximum absolute atomic E-state index is 11.9. The average molecular weight is 705 g/mol. The van der Waals surface area contributed by atoms with Crippen molar-refractivity contribution in [2.75, 3.05) is 31.2 Å². The van der Waals surface area contributed by atoms with Gasteiger partial charge in [-0.05, 0) is 67.8 Å². The molecule has 26 heavy (non-hydrogen) atoms. The molecular weight excluding hydrogens is 687 g/mol. The van der Waals surface area contributed by atoms with E-state index in [1.807, 2.05) is 67.8 Å². The Kier molecular flexibility index (Phi) is 9.71. The van der Waals surface area contributed by atoms with Gasteiger partial charge < -0.3 is 36.8 Å². The number of hydrogen-bond donors (Lipinski definition) is 6. The Bertz CT molecular complexity index is 650. The second-order valence-corrected chi connectivity index (χ2v) is 8.58. The van der Waals surface area contributed by atoms with Gasteiger partial charge in [-0.2, -0.15) is 0 Å². The molecule has 0 bridgehead atoms. The minimum absolute atomic E-state index is 0.0948. The predicted molar refractivity (Wildman–Crippen MR) is 120 cm³/mol. The maximum atomic E-state index is 11.9. The summed E-state index contributed by atoms with van der Waals surface area (Å²) in [5.41, 5.74) is 11.5. The molecule has 0 radical (unpaired) electrons. The fourth-order valence-electron chi connectivity index (χ4n) is 2.24. The minimum atomic E-state index is -1.15. The highest BCUT2D eigenvalue weighted by molar-refractivity contribution is 14.1. The smallest absolute Gasteiger partial charge is 0.250 e. The van der Waals surface area contributed by atoms with E-state index in [4.69, 9.17) is 21.7 Å². The topological polar surface area (TPSA) is 170 Å². The van der Waals surface area contributed by atoms with E-state index in [9.17, 15) is 19.8 Å². The Balaban J connectivity index is 3.72. The number of aliphatic hydroxyl groups is 4. The number of benzene rings is 1. The van der Waals surface area contributed by atoms with Gasteiger partial charge >= 0.3 is 0 Å². The Hall–Kier alpha value is -0.0100. The van der Waals surface area contributed by atoms with Crippen molar-refractivity contribution in [1.82, 2.24) is 0 Å². The molecule has 0 aromatic heterocycles. The molecule has 9 nitrogen and oxygen atoms in total. The van der Waals surface area contributed by atoms with Crippen LogP contribution in [0.5, 0.6) is 0 Å². The average Bonchev–Trinajstić information content (AvgIpc) is 2.53. The molecule has 1 rings (SSSR count). The van der Waals surface area contributed by atoms with Crippen molar-refractivity contribution in [2.45, 2.75) is 12.2 Å². The fraction of sp³-hybridized carbons (Fsp3) is 0.429. The van der Waals surface area contributed by atoms with Crippen LogP contribution >= 0.6 is 67.8 Å². The molecule has 0 fully saturated rings. The molecule has 1 aromatic carbocycles. The first-order valence-corrected chi connectivity index (χ1v) is 10.4. The van der Waals surface area contributed by atoms with Crippen LogP contribution in [-0.4, -0.2) is 70.8 Å². The van der Waals surface area contributed by atoms with Gasteiger partial charge in [-0.3, -0.25) is 9.59 Å². The molecule has 8 N–H and O–H groups in total. The third-order valence-corrected chi connectivity index (χ3v) is 6.57. The molecule has 0 heterocycles. The highest BCUT2D eigenvalue weighted by atomic mass is 127. The Morgan fingerprint density at radius 2 is 1.19 bits per heavy atom. The van der Waals surface area contributed by atoms with Crippen LogP contribution in [0.4, 0.5) is 5.69 Å². The highest BCUT2D eigenvalue weighted by Gasteiger charge is 2.29. The van der Waals surface area contributed by atoms with Crippen molar-refractivity contribution in [3.05, 3.63) is 21.8 Å². The summed E-state index contributed by atoms with van der Waals surface area (Å²) in [7, 11) is 0. The van der Waals surface area contributed by atoms with Crippen molar-refractivity contribution in [1.29, 1.82) is 0 Å². The number of carbonyl (C=O) groups is 2. The summed E-state index contributed by atoms with van der Waals surface area (Å²) in [5.74, 6) is -1.52. The number of nitrogens with zero attached hydrogens (tertiary/aromatic N) is 1. The Morgan fingerprint density at radius 1 is 0.846 bits per heavy atom. The van der Waals surface area contributed by atoms with Gasteiger partial charge in [0.15, 0.2) is 0 Å². The first kappa shape index (κ1) is 24.0. The van der Waals surface area contributed by atoms with Crippen LogP contribution in [0.3, 0.4) is 0 Å². The number of anilines is 1. The first-order valence-electron chi connectivity index (χ1n) is 7.19. The van der Waals surface area contributed by atoms with Gasteiger partial charge in [0.2, 0.25) is 0 Å². The van der Waals surface area contributed by atoms with E-state index < -0.39 is 37.2 Å². The lowest BCUT2D eigenvalue weighted by atomic mass is 10.1. The van der Waals surface area contributed by atoms with Gasteiger partial charge in [0.25, 0.3) is 11.8 Å². The van der Waals surface area contributed by atoms with Gasteiger partial charge in [-0.1, -0.05) is 0 Å². The highest BCUT2D eigenvalue weighted by Crippen LogP contribution is 2.37. The maximum Gasteiger partial charge on any atom is 0.250 e. The lowest BCUT2D eigenvalue weighted by Gasteiger charge is -2.31. The molecule has 2 unspecified atom stereocenters. The van der Waals surface area contributed by atoms with Crippen molar-refractivity contribution in [2.24, 2.45) is 11.5 Å². The molecular formula is C14H18I3N3O6. The molecule has 0 aliphatic rings. The minimum Gasteiger partial charge on any atom is -0.394 e. The van der Waals surface area contributed by atoms with E-state index in [-0.39, 0.29) is 24.2 Å². The van der Waals surface area contributed by atoms with E-state index in [0.717, 1.165) is 0 Å². The number of nitrogens with two attached hydrogens (primary N) is 2. The summed E-state index contributed by atoms with van der Waals surface area (Å²) < 4.78 is 1.12. The van der Waals surface area contributed by atoms with Crippen molar-refractivity contribution in [3.8, 4) is 0 Å². The number of amides is 2. The van der Waals surface area contributed by atoms with Crippen LogP contribution in [0.25, 0.3) is 0 Å². The van der Waals surface area contributed by atoms with Gasteiger partial charge in [0.1, 0.15) is 0 Å². The van der Waals surface area contributed by atoms with Crippen molar-refractivity contribution < 1.29 is 30.0 Å². The second-order valence-electron chi connectivity index (χ2n) is 5.35. The van der Waals surface area contributed by atoms with Crippen molar-refractivity contribution in [3.63, 3.8) is 0 Å². The predicted octanol–water partition coefficient (Wildman–Crippen LogP) is -0.789. The van der Waals surface area contributed by atoms with Crippen LogP contribution in [0, 0.1) is 10.7 Å². The van der Waals surface area contributed by atoms with Crippen molar-refractivity contribution >= 4 is 85.3 Å². The zero-order chi connectivity index (χ0) is 20.2. The van der Waals surface area contributed by atoms with Gasteiger partial charge in [0, 0.05) is 16.7 Å². The lowest BCUT2D eigenvalue weighted by molar-refractivity contribution is 0.0838. The zero-order valence-corrected chi connectivity index (χ0v) is 19.8. The molecule has 0 saturated carbocycles. The number of halogens is 3. The van der Waals surface area contributed by atoms with E-state index in [1.165, 1.54) is 4.90 Å². The zero-order valence-electron chi connectivity index (χ0n) is 13.3. The largest absolute Gasteiger partial charge is 0.394 e. The molecule has 2 amide bonds. The Labute approximate surface area is 190 Å². The van der Waals surface area contributed by atoms with Crippen LogP contribution < -0.4 is 16.4 Å². The lowest BCUT2D eigenvalue weighted by Crippen LogP contribution is -2.42. The number of rotatable bonds is 9. The monoisotopic (exact) mass is 705 g/mol. The van der Waals surface area contributed by atoms with Crippen LogP contribution in [0.2, 0.25) is 0 Å². The van der Waals surface area contributed by atoms with Gasteiger partial charge in [0.05, 0.1) is 49.4 Å². The molecule has 0 saturated heterocycles. The van der Waals surface area contributed by atoms with Crippen LogP contribution in [-0.2, 0) is 0 Å². The van der Waals surface area contributed by atoms with E-state index in [0.29, 0.717) is 16.4 Å². The number of hydrogen-bond acceptors (Lipinski definition) is 7. The molecule has 0 spiro atoms. The normalized spacial score (nSPS) is 13.3. The molecule has 1 aromatic rings. The van der Waals surface area contributed by atoms with Gasteiger partial charge in [-0.25, -0.2) is 0 Å². The molecule has 0 aliphatic carbocycles. The summed E-state index contributed by atoms with van der Waals surface area (Å²) in [6.07, 6.45) is -2.30. The van der Waals surface area contributed by atoms with E-state index in [2.05, 4.69) is 0 Å². The summed E-state index contributed by atoms with van der Waals surface area (Å²) in [5, 5.41) is 38.0. The summed E-state index contributed by atoms with van der Waals surface area (Å²) in [4.78, 5) is 25.3. The summed E-state index contributed by atoms with van der Waals surface area (Å²) >= 11 is 5.60. The number of aliphatic hydroxyl groups excluding tert-OH is 4. The van der Waals surface area contributed by atoms with Crippen LogP contribution in [0.15, 0.2) is 0 Å². The quantitative estimate of drug-likeness (QED) is 0.183. The van der Waals surface area contributed by atoms with Crippen LogP contribution in [0.1, 0.15) is 20.7 Å². The fourth-order valence-corrected chi connectivity index (χ4v) is 7.15. The summed E-state index contributed by atoms with van der Waals surface area (Å²) in [6.45, 7) is -1.30. The molecule has 146 valence electrons. The second kappa shape index (κ2) is 10.5. The molecule has 12 heteroatoms. The molecule has 2 atom stereocenters. The Morgan fingerprint density at radius 3 is 1.46 bits per heavy atom. The third-order valence-electron chi connectivity index (χ3n) is 3.39. The third kappa shape index (κ3) is 5.51. The summed E-state index contributed by atoms with van der Waals surface area (Å²) in [6, 6.07) is 0. The standard InChI is InChI=1S/C14H18I3N3O6/c15-9-7(13(18)25)10(16)12(11(17)8(9)14(19)26)20(1-5(23)3-21)2-6(24)4-22/h5-6,21-24H,1-4H2,(H2,18,25)(H2,19,26). The number of primary amides is 2.